The molecule has 7 heteroatoms. The van der Waals surface area contributed by atoms with Gasteiger partial charge in [0.25, 0.3) is 5.91 Å². The van der Waals surface area contributed by atoms with E-state index in [2.05, 4.69) is 24.5 Å². The molecule has 6 nitrogen and oxygen atoms in total. The maximum atomic E-state index is 12.9. The van der Waals surface area contributed by atoms with Gasteiger partial charge in [-0.2, -0.15) is 0 Å². The Bertz CT molecular complexity index is 941. The number of rotatable bonds is 9. The van der Waals surface area contributed by atoms with Crippen molar-refractivity contribution in [2.75, 3.05) is 24.4 Å². The molecule has 2 aromatic carbocycles. The molecule has 0 unspecified atom stereocenters. The van der Waals surface area contributed by atoms with Crippen molar-refractivity contribution < 1.29 is 19.1 Å². The third-order valence-electron chi connectivity index (χ3n) is 4.71. The van der Waals surface area contributed by atoms with E-state index in [-0.39, 0.29) is 17.7 Å². The molecule has 0 atom stereocenters. The number of halogens is 1. The molecule has 2 rings (SSSR count). The minimum atomic E-state index is -0.343. The van der Waals surface area contributed by atoms with Crippen LogP contribution in [0, 0.1) is 18.8 Å². The molecule has 0 saturated carbocycles. The Morgan fingerprint density at radius 2 is 1.77 bits per heavy atom. The fourth-order valence-corrected chi connectivity index (χ4v) is 2.97. The van der Waals surface area contributed by atoms with Crippen LogP contribution in [0.2, 0.25) is 5.02 Å². The van der Waals surface area contributed by atoms with E-state index in [1.165, 1.54) is 7.11 Å². The summed E-state index contributed by atoms with van der Waals surface area (Å²) in [7, 11) is 1.51. The number of hydrogen-bond acceptors (Lipinski definition) is 4. The monoisotopic (exact) mass is 446 g/mol. The van der Waals surface area contributed by atoms with Gasteiger partial charge < -0.3 is 20.1 Å². The fraction of sp³-hybridized carbons (Fsp3) is 0.417. The predicted molar refractivity (Wildman–Crippen MR) is 126 cm³/mol. The molecular formula is C24H31ClN2O4. The normalized spacial score (nSPS) is 10.9. The van der Waals surface area contributed by atoms with E-state index < -0.39 is 0 Å². The van der Waals surface area contributed by atoms with E-state index in [9.17, 15) is 9.59 Å². The summed E-state index contributed by atoms with van der Waals surface area (Å²) in [6.07, 6.45) is 0.880. The Balaban J connectivity index is 2.21. The van der Waals surface area contributed by atoms with Crippen LogP contribution in [-0.4, -0.2) is 25.5 Å². The van der Waals surface area contributed by atoms with Crippen molar-refractivity contribution in [3.8, 4) is 11.5 Å². The molecular weight excluding hydrogens is 416 g/mol. The highest BCUT2D eigenvalue weighted by Crippen LogP contribution is 2.37. The van der Waals surface area contributed by atoms with Crippen molar-refractivity contribution in [2.45, 2.75) is 41.0 Å². The molecule has 31 heavy (non-hydrogen) atoms. The molecule has 0 aromatic heterocycles. The van der Waals surface area contributed by atoms with Gasteiger partial charge in [0.05, 0.1) is 18.7 Å². The first-order valence-electron chi connectivity index (χ1n) is 10.4. The summed E-state index contributed by atoms with van der Waals surface area (Å²) < 4.78 is 11.2. The van der Waals surface area contributed by atoms with Gasteiger partial charge in [0, 0.05) is 22.9 Å². The van der Waals surface area contributed by atoms with Gasteiger partial charge in [0.1, 0.15) is 0 Å². The number of anilines is 2. The van der Waals surface area contributed by atoms with Gasteiger partial charge in [0.2, 0.25) is 5.91 Å². The third kappa shape index (κ3) is 6.89. The number of ether oxygens (including phenoxy) is 2. The third-order valence-corrected chi connectivity index (χ3v) is 4.99. The quantitative estimate of drug-likeness (QED) is 0.500. The number of carbonyl (C=O) groups excluding carboxylic acids is 2. The standard InChI is InChI=1S/C24H31ClN2O4/c1-14(2)9-10-31-22-19(25)11-17(12-21(22)30-6)24(29)27-20-13-18(8-7-16(20)5)26-23(28)15(3)4/h7-8,11-15H,9-10H2,1-6H3,(H,26,28)(H,27,29). The number of amides is 2. The van der Waals surface area contributed by atoms with Crippen LogP contribution < -0.4 is 20.1 Å². The van der Waals surface area contributed by atoms with Gasteiger partial charge in [-0.15, -0.1) is 0 Å². The molecule has 0 bridgehead atoms. The second kappa shape index (κ2) is 11.0. The van der Waals surface area contributed by atoms with Crippen molar-refractivity contribution in [1.29, 1.82) is 0 Å². The second-order valence-electron chi connectivity index (χ2n) is 8.15. The van der Waals surface area contributed by atoms with Crippen LogP contribution in [0.25, 0.3) is 0 Å². The highest BCUT2D eigenvalue weighted by molar-refractivity contribution is 6.32. The first-order valence-corrected chi connectivity index (χ1v) is 10.7. The zero-order chi connectivity index (χ0) is 23.1. The maximum Gasteiger partial charge on any atom is 0.255 e. The minimum absolute atomic E-state index is 0.0919. The fourth-order valence-electron chi connectivity index (χ4n) is 2.70. The summed E-state index contributed by atoms with van der Waals surface area (Å²) >= 11 is 6.39. The SMILES string of the molecule is COc1cc(C(=O)Nc2cc(NC(=O)C(C)C)ccc2C)cc(Cl)c1OCCC(C)C. The summed E-state index contributed by atoms with van der Waals surface area (Å²) in [5.74, 6) is 0.747. The lowest BCUT2D eigenvalue weighted by atomic mass is 10.1. The molecule has 0 aliphatic rings. The zero-order valence-electron chi connectivity index (χ0n) is 19.0. The van der Waals surface area contributed by atoms with Gasteiger partial charge in [-0.1, -0.05) is 45.4 Å². The van der Waals surface area contributed by atoms with Crippen molar-refractivity contribution in [1.82, 2.24) is 0 Å². The molecule has 0 saturated heterocycles. The van der Waals surface area contributed by atoms with E-state index >= 15 is 0 Å². The highest BCUT2D eigenvalue weighted by atomic mass is 35.5. The number of methoxy groups -OCH3 is 1. The number of aryl methyl sites for hydroxylation is 1. The number of carbonyl (C=O) groups is 2. The Morgan fingerprint density at radius 3 is 2.39 bits per heavy atom. The van der Waals surface area contributed by atoms with Crippen LogP contribution in [0.5, 0.6) is 11.5 Å². The lowest BCUT2D eigenvalue weighted by Crippen LogP contribution is -2.18. The van der Waals surface area contributed by atoms with Gasteiger partial charge >= 0.3 is 0 Å². The van der Waals surface area contributed by atoms with Crippen LogP contribution in [0.15, 0.2) is 30.3 Å². The average molecular weight is 447 g/mol. The summed E-state index contributed by atoms with van der Waals surface area (Å²) in [6, 6.07) is 8.53. The summed E-state index contributed by atoms with van der Waals surface area (Å²) in [6.45, 7) is 10.2. The summed E-state index contributed by atoms with van der Waals surface area (Å²) in [5.41, 5.74) is 2.42. The smallest absolute Gasteiger partial charge is 0.255 e. The number of nitrogens with one attached hydrogen (secondary N) is 2. The summed E-state index contributed by atoms with van der Waals surface area (Å²) in [4.78, 5) is 24.9. The molecule has 0 heterocycles. The van der Waals surface area contributed by atoms with Gasteiger partial charge in [0.15, 0.2) is 11.5 Å². The Morgan fingerprint density at radius 1 is 1.06 bits per heavy atom. The predicted octanol–water partition coefficient (Wildman–Crippen LogP) is 5.93. The lowest BCUT2D eigenvalue weighted by molar-refractivity contribution is -0.118. The molecule has 0 fully saturated rings. The molecule has 0 aliphatic carbocycles. The second-order valence-corrected chi connectivity index (χ2v) is 8.56. The number of benzene rings is 2. The largest absolute Gasteiger partial charge is 0.493 e. The number of hydrogen-bond donors (Lipinski definition) is 2. The van der Waals surface area contributed by atoms with Gasteiger partial charge in [-0.25, -0.2) is 0 Å². The van der Waals surface area contributed by atoms with E-state index in [0.717, 1.165) is 12.0 Å². The van der Waals surface area contributed by atoms with Crippen molar-refractivity contribution in [3.05, 3.63) is 46.5 Å². The molecule has 2 amide bonds. The van der Waals surface area contributed by atoms with Crippen LogP contribution in [0.4, 0.5) is 11.4 Å². The Hall–Kier alpha value is -2.73. The van der Waals surface area contributed by atoms with Crippen LogP contribution in [0.3, 0.4) is 0 Å². The van der Waals surface area contributed by atoms with Crippen molar-refractivity contribution in [3.63, 3.8) is 0 Å². The lowest BCUT2D eigenvalue weighted by Gasteiger charge is -2.16. The highest BCUT2D eigenvalue weighted by Gasteiger charge is 2.17. The molecule has 168 valence electrons. The maximum absolute atomic E-state index is 12.9. The van der Waals surface area contributed by atoms with Crippen LogP contribution in [0.1, 0.15) is 50.0 Å². The first-order chi connectivity index (χ1) is 14.6. The topological polar surface area (TPSA) is 76.7 Å². The Kier molecular flexibility index (Phi) is 8.75. The van der Waals surface area contributed by atoms with E-state index in [0.29, 0.717) is 46.0 Å². The minimum Gasteiger partial charge on any atom is -0.493 e. The van der Waals surface area contributed by atoms with Crippen molar-refractivity contribution in [2.24, 2.45) is 11.8 Å². The Labute approximate surface area is 189 Å². The van der Waals surface area contributed by atoms with E-state index in [1.807, 2.05) is 26.8 Å². The van der Waals surface area contributed by atoms with E-state index in [1.54, 1.807) is 24.3 Å². The average Bonchev–Trinajstić information content (AvgIpc) is 2.70. The van der Waals surface area contributed by atoms with Crippen LogP contribution in [-0.2, 0) is 4.79 Å². The molecule has 2 N–H and O–H groups in total. The van der Waals surface area contributed by atoms with Gasteiger partial charge in [-0.3, -0.25) is 9.59 Å². The van der Waals surface area contributed by atoms with Gasteiger partial charge in [-0.05, 0) is 49.1 Å². The zero-order valence-corrected chi connectivity index (χ0v) is 19.7. The van der Waals surface area contributed by atoms with Crippen molar-refractivity contribution >= 4 is 34.8 Å². The first kappa shape index (κ1) is 24.5. The molecule has 0 radical (unpaired) electrons. The molecule has 0 spiro atoms. The van der Waals surface area contributed by atoms with Crippen LogP contribution >= 0.6 is 11.6 Å². The summed E-state index contributed by atoms with van der Waals surface area (Å²) in [5, 5.41) is 6.02. The van der Waals surface area contributed by atoms with E-state index in [4.69, 9.17) is 21.1 Å². The molecule has 0 aliphatic heterocycles. The molecule has 2 aromatic rings.